The summed E-state index contributed by atoms with van der Waals surface area (Å²) in [5.74, 6) is -0.0149. The van der Waals surface area contributed by atoms with E-state index in [1.807, 2.05) is 4.90 Å². The molecule has 1 aromatic rings. The fourth-order valence-corrected chi connectivity index (χ4v) is 2.77. The van der Waals surface area contributed by atoms with E-state index >= 15 is 0 Å². The fourth-order valence-electron chi connectivity index (χ4n) is 2.39. The van der Waals surface area contributed by atoms with E-state index in [-0.39, 0.29) is 12.3 Å². The Labute approximate surface area is 130 Å². The Hall–Kier alpha value is -1.04. The van der Waals surface area contributed by atoms with Gasteiger partial charge in [0.15, 0.2) is 0 Å². The number of rotatable bonds is 5. The number of amides is 1. The van der Waals surface area contributed by atoms with Crippen LogP contribution in [0.15, 0.2) is 24.3 Å². The van der Waals surface area contributed by atoms with Crippen molar-refractivity contribution in [3.63, 3.8) is 0 Å². The Morgan fingerprint density at radius 1 is 1.24 bits per heavy atom. The predicted molar refractivity (Wildman–Crippen MR) is 78.3 cm³/mol. The molecule has 116 valence electrons. The zero-order valence-corrected chi connectivity index (χ0v) is 13.1. The Morgan fingerprint density at radius 2 is 1.86 bits per heavy atom. The van der Waals surface area contributed by atoms with Crippen molar-refractivity contribution >= 4 is 21.8 Å². The molecule has 0 spiro atoms. The Balaban J connectivity index is 2.00. The molecule has 1 amide bonds. The van der Waals surface area contributed by atoms with Gasteiger partial charge in [-0.2, -0.15) is 13.2 Å². The van der Waals surface area contributed by atoms with E-state index < -0.39 is 11.7 Å². The van der Waals surface area contributed by atoms with E-state index in [0.29, 0.717) is 23.5 Å². The molecule has 0 bridgehead atoms. The van der Waals surface area contributed by atoms with Gasteiger partial charge in [-0.25, -0.2) is 0 Å². The van der Waals surface area contributed by atoms with Gasteiger partial charge in [0.05, 0.1) is 12.0 Å². The molecule has 1 aromatic carbocycles. The van der Waals surface area contributed by atoms with Crippen molar-refractivity contribution in [3.05, 3.63) is 35.4 Å². The molecule has 2 nitrogen and oxygen atoms in total. The maximum atomic E-state index is 12.5. The Kier molecular flexibility index (Phi) is 5.30. The van der Waals surface area contributed by atoms with Crippen molar-refractivity contribution < 1.29 is 18.0 Å². The quantitative estimate of drug-likeness (QED) is 0.723. The van der Waals surface area contributed by atoms with Crippen LogP contribution in [0, 0.1) is 0 Å². The Morgan fingerprint density at radius 3 is 2.29 bits per heavy atom. The molecule has 2 rings (SSSR count). The summed E-state index contributed by atoms with van der Waals surface area (Å²) in [6.07, 6.45) is -1.01. The van der Waals surface area contributed by atoms with E-state index in [1.54, 1.807) is 0 Å². The van der Waals surface area contributed by atoms with Crippen LogP contribution in [0.3, 0.4) is 0 Å². The molecule has 1 aliphatic carbocycles. The monoisotopic (exact) mass is 363 g/mol. The summed E-state index contributed by atoms with van der Waals surface area (Å²) in [5, 5.41) is 0.711. The van der Waals surface area contributed by atoms with Gasteiger partial charge in [0, 0.05) is 17.9 Å². The summed E-state index contributed by atoms with van der Waals surface area (Å²) in [6.45, 7) is 0.643. The SMILES string of the molecule is O=C(Cc1ccc(C(F)(F)F)cc1)N(CCBr)C1CCC1. The van der Waals surface area contributed by atoms with Crippen LogP contribution in [0.25, 0.3) is 0 Å². The van der Waals surface area contributed by atoms with Crippen molar-refractivity contribution in [2.45, 2.75) is 37.9 Å². The zero-order valence-electron chi connectivity index (χ0n) is 11.5. The first kappa shape index (κ1) is 16.3. The highest BCUT2D eigenvalue weighted by Gasteiger charge is 2.31. The topological polar surface area (TPSA) is 20.3 Å². The molecule has 1 aliphatic rings. The average molecular weight is 364 g/mol. The van der Waals surface area contributed by atoms with Gasteiger partial charge < -0.3 is 4.90 Å². The highest BCUT2D eigenvalue weighted by Crippen LogP contribution is 2.29. The van der Waals surface area contributed by atoms with Gasteiger partial charge in [0.1, 0.15) is 0 Å². The summed E-state index contributed by atoms with van der Waals surface area (Å²) < 4.78 is 37.5. The van der Waals surface area contributed by atoms with Crippen LogP contribution in [0.4, 0.5) is 13.2 Å². The van der Waals surface area contributed by atoms with Gasteiger partial charge in [-0.1, -0.05) is 28.1 Å². The number of halogens is 4. The van der Waals surface area contributed by atoms with Gasteiger partial charge >= 0.3 is 6.18 Å². The molecule has 0 unspecified atom stereocenters. The lowest BCUT2D eigenvalue weighted by Crippen LogP contribution is -2.45. The molecular formula is C15H17BrF3NO. The molecule has 0 aromatic heterocycles. The van der Waals surface area contributed by atoms with Crippen LogP contribution in [0.5, 0.6) is 0 Å². The third kappa shape index (κ3) is 4.22. The van der Waals surface area contributed by atoms with Crippen molar-refractivity contribution in [2.75, 3.05) is 11.9 Å². The number of carbonyl (C=O) groups excluding carboxylic acids is 1. The fraction of sp³-hybridized carbons (Fsp3) is 0.533. The van der Waals surface area contributed by atoms with Crippen LogP contribution < -0.4 is 0 Å². The van der Waals surface area contributed by atoms with E-state index in [4.69, 9.17) is 0 Å². The minimum atomic E-state index is -4.34. The molecule has 0 aliphatic heterocycles. The largest absolute Gasteiger partial charge is 0.416 e. The predicted octanol–water partition coefficient (Wildman–Crippen LogP) is 4.02. The van der Waals surface area contributed by atoms with Crippen molar-refractivity contribution in [1.82, 2.24) is 4.90 Å². The van der Waals surface area contributed by atoms with E-state index in [9.17, 15) is 18.0 Å². The number of hydrogen-bond donors (Lipinski definition) is 0. The van der Waals surface area contributed by atoms with Crippen molar-refractivity contribution in [1.29, 1.82) is 0 Å². The smallest absolute Gasteiger partial charge is 0.339 e. The summed E-state index contributed by atoms with van der Waals surface area (Å²) >= 11 is 3.34. The number of nitrogens with zero attached hydrogens (tertiary/aromatic N) is 1. The molecular weight excluding hydrogens is 347 g/mol. The molecule has 1 saturated carbocycles. The third-order valence-electron chi connectivity index (χ3n) is 3.80. The standard InChI is InChI=1S/C15H17BrF3NO/c16-8-9-20(13-2-1-3-13)14(21)10-11-4-6-12(7-5-11)15(17,18)19/h4-7,13H,1-3,8-10H2. The molecule has 0 saturated heterocycles. The summed E-state index contributed by atoms with van der Waals surface area (Å²) in [6, 6.07) is 5.12. The lowest BCUT2D eigenvalue weighted by Gasteiger charge is -2.37. The lowest BCUT2D eigenvalue weighted by molar-refractivity contribution is -0.137. The van der Waals surface area contributed by atoms with Crippen molar-refractivity contribution in [3.8, 4) is 0 Å². The van der Waals surface area contributed by atoms with Gasteiger partial charge in [0.25, 0.3) is 0 Å². The summed E-state index contributed by atoms with van der Waals surface area (Å²) in [5.41, 5.74) is -0.0677. The number of benzene rings is 1. The van der Waals surface area contributed by atoms with E-state index in [1.165, 1.54) is 12.1 Å². The van der Waals surface area contributed by atoms with Crippen LogP contribution in [-0.2, 0) is 17.4 Å². The molecule has 0 atom stereocenters. The second-order valence-corrected chi connectivity index (χ2v) is 6.03. The van der Waals surface area contributed by atoms with Crippen LogP contribution in [0.2, 0.25) is 0 Å². The Bertz CT molecular complexity index is 483. The maximum Gasteiger partial charge on any atom is 0.416 e. The number of carbonyl (C=O) groups is 1. The molecule has 6 heteroatoms. The first-order valence-corrected chi connectivity index (χ1v) is 8.05. The minimum Gasteiger partial charge on any atom is -0.339 e. The lowest BCUT2D eigenvalue weighted by atomic mass is 9.91. The number of alkyl halides is 4. The summed E-state index contributed by atoms with van der Waals surface area (Å²) in [7, 11) is 0. The molecule has 0 N–H and O–H groups in total. The zero-order chi connectivity index (χ0) is 15.5. The summed E-state index contributed by atoms with van der Waals surface area (Å²) in [4.78, 5) is 14.1. The third-order valence-corrected chi connectivity index (χ3v) is 4.15. The number of hydrogen-bond acceptors (Lipinski definition) is 1. The van der Waals surface area contributed by atoms with E-state index in [2.05, 4.69) is 15.9 Å². The average Bonchev–Trinajstić information content (AvgIpc) is 2.35. The van der Waals surface area contributed by atoms with Gasteiger partial charge in [0.2, 0.25) is 5.91 Å². The van der Waals surface area contributed by atoms with Crippen LogP contribution >= 0.6 is 15.9 Å². The second kappa shape index (κ2) is 6.81. The molecule has 0 heterocycles. The first-order valence-electron chi connectivity index (χ1n) is 6.93. The first-order chi connectivity index (χ1) is 9.91. The maximum absolute atomic E-state index is 12.5. The highest BCUT2D eigenvalue weighted by molar-refractivity contribution is 9.09. The van der Waals surface area contributed by atoms with E-state index in [0.717, 1.165) is 31.4 Å². The second-order valence-electron chi connectivity index (χ2n) is 5.23. The molecule has 0 radical (unpaired) electrons. The highest BCUT2D eigenvalue weighted by atomic mass is 79.9. The molecule has 21 heavy (non-hydrogen) atoms. The van der Waals surface area contributed by atoms with Gasteiger partial charge in [-0.05, 0) is 37.0 Å². The minimum absolute atomic E-state index is 0.0149. The normalized spacial score (nSPS) is 15.6. The van der Waals surface area contributed by atoms with Gasteiger partial charge in [-0.15, -0.1) is 0 Å². The van der Waals surface area contributed by atoms with Crippen molar-refractivity contribution in [2.24, 2.45) is 0 Å². The molecule has 1 fully saturated rings. The van der Waals surface area contributed by atoms with Crippen LogP contribution in [0.1, 0.15) is 30.4 Å². The van der Waals surface area contributed by atoms with Crippen LogP contribution in [-0.4, -0.2) is 28.7 Å². The van der Waals surface area contributed by atoms with Gasteiger partial charge in [-0.3, -0.25) is 4.79 Å².